The van der Waals surface area contributed by atoms with Gasteiger partial charge in [0.15, 0.2) is 0 Å². The van der Waals surface area contributed by atoms with Crippen LogP contribution in [0.3, 0.4) is 0 Å². The van der Waals surface area contributed by atoms with E-state index >= 15 is 0 Å². The van der Waals surface area contributed by atoms with Crippen LogP contribution in [0.15, 0.2) is 24.3 Å². The van der Waals surface area contributed by atoms with Gasteiger partial charge in [0, 0.05) is 6.04 Å². The summed E-state index contributed by atoms with van der Waals surface area (Å²) in [6.07, 6.45) is 0.0481. The zero-order valence-electron chi connectivity index (χ0n) is 12.3. The molecule has 3 atom stereocenters. The molecule has 0 saturated carbocycles. The normalized spacial score (nSPS) is 27.9. The Balaban J connectivity index is 1.85. The molecule has 1 unspecified atom stereocenters. The van der Waals surface area contributed by atoms with E-state index in [1.807, 2.05) is 38.1 Å². The van der Waals surface area contributed by atoms with Crippen molar-refractivity contribution in [3.8, 4) is 0 Å². The Morgan fingerprint density at radius 3 is 2.76 bits per heavy atom. The van der Waals surface area contributed by atoms with Crippen LogP contribution in [0.2, 0.25) is 0 Å². The quantitative estimate of drug-likeness (QED) is 0.901. The average molecular weight is 288 g/mol. The van der Waals surface area contributed by atoms with Crippen LogP contribution in [0.1, 0.15) is 31.0 Å². The number of hydrogen-bond acceptors (Lipinski definition) is 4. The second-order valence-electron chi connectivity index (χ2n) is 6.13. The van der Waals surface area contributed by atoms with Crippen LogP contribution in [-0.2, 0) is 16.0 Å². The van der Waals surface area contributed by atoms with Gasteiger partial charge in [0.2, 0.25) is 5.91 Å². The van der Waals surface area contributed by atoms with Gasteiger partial charge in [-0.25, -0.2) is 9.69 Å². The van der Waals surface area contributed by atoms with E-state index < -0.39 is 6.09 Å². The number of imide groups is 1. The molecular formula is C16H20N2O3. The van der Waals surface area contributed by atoms with E-state index in [1.54, 1.807) is 0 Å². The third-order valence-corrected chi connectivity index (χ3v) is 4.52. The number of cyclic esters (lactones) is 1. The number of ether oxygens (including phenoxy) is 1. The predicted molar refractivity (Wildman–Crippen MR) is 77.4 cm³/mol. The lowest BCUT2D eigenvalue weighted by Gasteiger charge is -2.26. The number of fused-ring (bicyclic) bond motifs is 1. The van der Waals surface area contributed by atoms with Crippen molar-refractivity contribution < 1.29 is 14.3 Å². The number of nitrogens with two attached hydrogens (primary N) is 1. The molecule has 1 aliphatic heterocycles. The van der Waals surface area contributed by atoms with E-state index in [1.165, 1.54) is 4.90 Å². The van der Waals surface area contributed by atoms with Gasteiger partial charge < -0.3 is 10.5 Å². The molecule has 3 rings (SSSR count). The van der Waals surface area contributed by atoms with E-state index in [0.717, 1.165) is 11.1 Å². The highest BCUT2D eigenvalue weighted by atomic mass is 16.6. The van der Waals surface area contributed by atoms with Gasteiger partial charge in [-0.3, -0.25) is 4.79 Å². The Kier molecular flexibility index (Phi) is 3.45. The fourth-order valence-electron chi connectivity index (χ4n) is 3.23. The topological polar surface area (TPSA) is 72.6 Å². The van der Waals surface area contributed by atoms with Crippen molar-refractivity contribution in [3.63, 3.8) is 0 Å². The van der Waals surface area contributed by atoms with Crippen LogP contribution in [0, 0.1) is 11.8 Å². The van der Waals surface area contributed by atoms with E-state index in [2.05, 4.69) is 0 Å². The number of hydrogen-bond donors (Lipinski definition) is 1. The molecule has 5 nitrogen and oxygen atoms in total. The molecule has 2 aliphatic rings. The maximum Gasteiger partial charge on any atom is 0.416 e. The minimum Gasteiger partial charge on any atom is -0.447 e. The van der Waals surface area contributed by atoms with Crippen LogP contribution >= 0.6 is 0 Å². The molecular weight excluding hydrogens is 268 g/mol. The van der Waals surface area contributed by atoms with Crippen molar-refractivity contribution in [1.82, 2.24) is 4.90 Å². The van der Waals surface area contributed by atoms with Crippen molar-refractivity contribution in [2.45, 2.75) is 32.4 Å². The standard InChI is InChI=1S/C16H20N2O3/c1-9(2)13-8-21-16(20)18(13)15(19)12-7-10-5-3-4-6-11(10)14(12)17/h3-6,9,12-14H,7-8,17H2,1-2H3/t12?,13-,14-/m1/s1. The molecule has 0 radical (unpaired) electrons. The number of carbonyl (C=O) groups excluding carboxylic acids is 2. The fraction of sp³-hybridized carbons (Fsp3) is 0.500. The summed E-state index contributed by atoms with van der Waals surface area (Å²) in [5, 5.41) is 0. The molecule has 1 aromatic carbocycles. The van der Waals surface area contributed by atoms with Gasteiger partial charge in [-0.2, -0.15) is 0 Å². The molecule has 1 saturated heterocycles. The van der Waals surface area contributed by atoms with Crippen molar-refractivity contribution in [1.29, 1.82) is 0 Å². The molecule has 1 heterocycles. The smallest absolute Gasteiger partial charge is 0.416 e. The Hall–Kier alpha value is -1.88. The number of amides is 2. The number of carbonyl (C=O) groups is 2. The Bertz CT molecular complexity index is 585. The van der Waals surface area contributed by atoms with E-state index in [9.17, 15) is 9.59 Å². The second kappa shape index (κ2) is 5.15. The van der Waals surface area contributed by atoms with Crippen LogP contribution in [-0.4, -0.2) is 29.5 Å². The summed E-state index contributed by atoms with van der Waals surface area (Å²) in [4.78, 5) is 26.0. The average Bonchev–Trinajstić information content (AvgIpc) is 3.00. The number of rotatable bonds is 2. The molecule has 5 heteroatoms. The van der Waals surface area contributed by atoms with Gasteiger partial charge in [-0.1, -0.05) is 38.1 Å². The van der Waals surface area contributed by atoms with E-state index in [4.69, 9.17) is 10.5 Å². The third-order valence-electron chi connectivity index (χ3n) is 4.52. The summed E-state index contributed by atoms with van der Waals surface area (Å²) in [5.41, 5.74) is 8.33. The van der Waals surface area contributed by atoms with Crippen molar-refractivity contribution >= 4 is 12.0 Å². The number of benzene rings is 1. The summed E-state index contributed by atoms with van der Waals surface area (Å²) in [6, 6.07) is 7.27. The first-order valence-electron chi connectivity index (χ1n) is 7.34. The lowest BCUT2D eigenvalue weighted by atomic mass is 9.97. The van der Waals surface area contributed by atoms with Gasteiger partial charge in [0.25, 0.3) is 0 Å². The Morgan fingerprint density at radius 1 is 1.38 bits per heavy atom. The Labute approximate surface area is 124 Å². The monoisotopic (exact) mass is 288 g/mol. The highest BCUT2D eigenvalue weighted by Gasteiger charge is 2.45. The summed E-state index contributed by atoms with van der Waals surface area (Å²) < 4.78 is 5.06. The van der Waals surface area contributed by atoms with Gasteiger partial charge >= 0.3 is 6.09 Å². The second-order valence-corrected chi connectivity index (χ2v) is 6.13. The third kappa shape index (κ3) is 2.21. The van der Waals surface area contributed by atoms with E-state index in [-0.39, 0.29) is 36.4 Å². The van der Waals surface area contributed by atoms with Crippen LogP contribution in [0.4, 0.5) is 4.79 Å². The first-order valence-corrected chi connectivity index (χ1v) is 7.34. The molecule has 0 aromatic heterocycles. The minimum atomic E-state index is -0.540. The molecule has 0 spiro atoms. The van der Waals surface area contributed by atoms with Crippen LogP contribution in [0.25, 0.3) is 0 Å². The lowest BCUT2D eigenvalue weighted by molar-refractivity contribution is -0.134. The molecule has 1 aromatic rings. The molecule has 2 amide bonds. The maximum atomic E-state index is 12.8. The molecule has 21 heavy (non-hydrogen) atoms. The molecule has 0 bridgehead atoms. The molecule has 1 fully saturated rings. The largest absolute Gasteiger partial charge is 0.447 e. The summed E-state index contributed by atoms with van der Waals surface area (Å²) in [6.45, 7) is 4.24. The van der Waals surface area contributed by atoms with Crippen LogP contribution in [0.5, 0.6) is 0 Å². The number of nitrogens with zero attached hydrogens (tertiary/aromatic N) is 1. The summed E-state index contributed by atoms with van der Waals surface area (Å²) >= 11 is 0. The van der Waals surface area contributed by atoms with Gasteiger partial charge in [0.1, 0.15) is 6.61 Å². The highest BCUT2D eigenvalue weighted by Crippen LogP contribution is 2.36. The molecule has 112 valence electrons. The highest BCUT2D eigenvalue weighted by molar-refractivity contribution is 5.95. The fourth-order valence-corrected chi connectivity index (χ4v) is 3.23. The van der Waals surface area contributed by atoms with Crippen molar-refractivity contribution in [2.75, 3.05) is 6.61 Å². The van der Waals surface area contributed by atoms with Gasteiger partial charge in [0.05, 0.1) is 12.0 Å². The SMILES string of the molecule is CC(C)[C@H]1COC(=O)N1C(=O)C1Cc2ccccc2[C@H]1N. The molecule has 2 N–H and O–H groups in total. The Morgan fingerprint density at radius 2 is 2.10 bits per heavy atom. The zero-order chi connectivity index (χ0) is 15.1. The zero-order valence-corrected chi connectivity index (χ0v) is 12.3. The minimum absolute atomic E-state index is 0.167. The predicted octanol–water partition coefficient (Wildman–Crippen LogP) is 1.86. The lowest BCUT2D eigenvalue weighted by Crippen LogP contribution is -2.46. The maximum absolute atomic E-state index is 12.8. The first kappa shape index (κ1) is 14.1. The molecule has 1 aliphatic carbocycles. The summed E-state index contributed by atoms with van der Waals surface area (Å²) in [7, 11) is 0. The van der Waals surface area contributed by atoms with Crippen molar-refractivity contribution in [2.24, 2.45) is 17.6 Å². The van der Waals surface area contributed by atoms with Gasteiger partial charge in [-0.05, 0) is 23.5 Å². The van der Waals surface area contributed by atoms with Crippen LogP contribution < -0.4 is 5.73 Å². The van der Waals surface area contributed by atoms with Crippen molar-refractivity contribution in [3.05, 3.63) is 35.4 Å². The van der Waals surface area contributed by atoms with E-state index in [0.29, 0.717) is 6.42 Å². The van der Waals surface area contributed by atoms with Gasteiger partial charge in [-0.15, -0.1) is 0 Å². The summed E-state index contributed by atoms with van der Waals surface area (Å²) in [5.74, 6) is -0.422. The first-order chi connectivity index (χ1) is 10.0.